The van der Waals surface area contributed by atoms with Crippen LogP contribution in [0.15, 0.2) is 54.4 Å². The summed E-state index contributed by atoms with van der Waals surface area (Å²) in [5.41, 5.74) is 3.97. The summed E-state index contributed by atoms with van der Waals surface area (Å²) in [7, 11) is 0. The Balaban J connectivity index is 0.000000792. The smallest absolute Gasteiger partial charge is 0.393 e. The van der Waals surface area contributed by atoms with E-state index in [-0.39, 0.29) is 56.5 Å². The summed E-state index contributed by atoms with van der Waals surface area (Å²) < 4.78 is 37.7. The van der Waals surface area contributed by atoms with Gasteiger partial charge in [0.15, 0.2) is 5.78 Å². The molecule has 7 heteroatoms. The first-order valence-electron chi connectivity index (χ1n) is 13.3. The van der Waals surface area contributed by atoms with Gasteiger partial charge >= 0.3 is 6.18 Å². The van der Waals surface area contributed by atoms with Crippen molar-refractivity contribution in [2.75, 3.05) is 0 Å². The Morgan fingerprint density at radius 3 is 2.10 bits per heavy atom. The summed E-state index contributed by atoms with van der Waals surface area (Å²) in [4.78, 5) is 16.1. The molecule has 223 valence electrons. The molecule has 0 saturated heterocycles. The van der Waals surface area contributed by atoms with Gasteiger partial charge in [0.2, 0.25) is 0 Å². The van der Waals surface area contributed by atoms with Gasteiger partial charge < -0.3 is 10.1 Å². The van der Waals surface area contributed by atoms with Crippen LogP contribution in [0.25, 0.3) is 22.0 Å². The van der Waals surface area contributed by atoms with Crippen LogP contribution < -0.4 is 0 Å². The van der Waals surface area contributed by atoms with Gasteiger partial charge in [-0.15, -0.1) is 34.9 Å². The van der Waals surface area contributed by atoms with Crippen LogP contribution in [-0.4, -0.2) is 22.1 Å². The van der Waals surface area contributed by atoms with Crippen LogP contribution in [0.4, 0.5) is 13.2 Å². The van der Waals surface area contributed by atoms with Crippen molar-refractivity contribution in [3.8, 4) is 11.3 Å². The van der Waals surface area contributed by atoms with Crippen molar-refractivity contribution < 1.29 is 43.2 Å². The van der Waals surface area contributed by atoms with E-state index < -0.39 is 12.6 Å². The Kier molecular flexibility index (Phi) is 16.3. The first kappa shape index (κ1) is 37.5. The van der Waals surface area contributed by atoms with Crippen molar-refractivity contribution in [3.63, 3.8) is 0 Å². The van der Waals surface area contributed by atoms with E-state index in [1.165, 1.54) is 12.1 Å². The number of rotatable bonds is 9. The summed E-state index contributed by atoms with van der Waals surface area (Å²) in [5.74, 6) is 0.547. The van der Waals surface area contributed by atoms with Crippen molar-refractivity contribution in [1.82, 2.24) is 4.98 Å². The largest absolute Gasteiger partial charge is 0.512 e. The predicted molar refractivity (Wildman–Crippen MR) is 156 cm³/mol. The van der Waals surface area contributed by atoms with Gasteiger partial charge in [0.05, 0.1) is 12.2 Å². The van der Waals surface area contributed by atoms with Crippen LogP contribution in [0, 0.1) is 31.7 Å². The standard InChI is InChI=1S/C19H15F3N.C13H24O2.CH4.Ir/c1-12-7-13(2)9-16(8-12)18-17-4-3-14(11-19(20,21)22)10-15(17)5-6-23-18;1-5-10(6-2)12(14)9-13(15)11(7-3)8-4;;/h3-8,10H,11H2,1-2H3;9-11,14H,5-8H2,1-4H3;1H4;/q-1;;;. The number of alkyl halides is 3. The number of fused-ring (bicyclic) bond motifs is 1. The summed E-state index contributed by atoms with van der Waals surface area (Å²) >= 11 is 0. The number of benzene rings is 2. The number of allylic oxidation sites excluding steroid dienone is 2. The maximum Gasteiger partial charge on any atom is 0.393 e. The van der Waals surface area contributed by atoms with Gasteiger partial charge in [-0.2, -0.15) is 13.2 Å². The van der Waals surface area contributed by atoms with Crippen molar-refractivity contribution in [2.45, 2.75) is 87.2 Å². The first-order valence-corrected chi connectivity index (χ1v) is 13.3. The molecule has 3 aromatic rings. The molecule has 0 saturated carbocycles. The second kappa shape index (κ2) is 17.3. The minimum atomic E-state index is -4.20. The number of ketones is 1. The Hall–Kier alpha value is -2.50. The quantitative estimate of drug-likeness (QED) is 0.135. The number of aliphatic hydroxyl groups is 1. The molecule has 40 heavy (non-hydrogen) atoms. The first-order chi connectivity index (χ1) is 17.9. The summed E-state index contributed by atoms with van der Waals surface area (Å²) in [6.07, 6.45) is 1.41. The zero-order chi connectivity index (χ0) is 28.5. The molecule has 0 atom stereocenters. The molecule has 1 N–H and O–H groups in total. The van der Waals surface area contributed by atoms with Gasteiger partial charge in [0.25, 0.3) is 0 Å². The number of nitrogens with zero attached hydrogens (tertiary/aromatic N) is 1. The fourth-order valence-electron chi connectivity index (χ4n) is 4.59. The predicted octanol–water partition coefficient (Wildman–Crippen LogP) is 9.93. The number of pyridine rings is 1. The third-order valence-electron chi connectivity index (χ3n) is 6.72. The van der Waals surface area contributed by atoms with Crippen LogP contribution in [0.1, 0.15) is 77.5 Å². The van der Waals surface area contributed by atoms with Gasteiger partial charge in [0, 0.05) is 44.2 Å². The van der Waals surface area contributed by atoms with Crippen LogP contribution in [0.3, 0.4) is 0 Å². The van der Waals surface area contributed by atoms with Gasteiger partial charge in [-0.3, -0.25) is 4.79 Å². The normalized spacial score (nSPS) is 11.5. The number of carbonyl (C=O) groups is 1. The molecule has 0 amide bonds. The number of carbonyl (C=O) groups excluding carboxylic acids is 1. The minimum Gasteiger partial charge on any atom is -0.512 e. The van der Waals surface area contributed by atoms with Crippen molar-refractivity contribution in [1.29, 1.82) is 0 Å². The minimum absolute atomic E-state index is 0. The third kappa shape index (κ3) is 11.2. The van der Waals surface area contributed by atoms with Gasteiger partial charge in [0.1, 0.15) is 0 Å². The fraction of sp³-hybridized carbons (Fsp3) is 0.455. The van der Waals surface area contributed by atoms with E-state index in [1.807, 2.05) is 53.7 Å². The van der Waals surface area contributed by atoms with E-state index in [1.54, 1.807) is 24.4 Å². The Morgan fingerprint density at radius 2 is 1.57 bits per heavy atom. The van der Waals surface area contributed by atoms with E-state index in [4.69, 9.17) is 0 Å². The number of halogens is 3. The monoisotopic (exact) mass is 735 g/mol. The number of aryl methyl sites for hydroxylation is 2. The molecule has 3 nitrogen and oxygen atoms in total. The van der Waals surface area contributed by atoms with Crippen LogP contribution >= 0.6 is 0 Å². The molecule has 0 fully saturated rings. The van der Waals surface area contributed by atoms with Crippen molar-refractivity contribution >= 4 is 16.6 Å². The molecule has 0 bridgehead atoms. The Labute approximate surface area is 251 Å². The van der Waals surface area contributed by atoms with E-state index in [0.29, 0.717) is 0 Å². The zero-order valence-corrected chi connectivity index (χ0v) is 26.0. The summed E-state index contributed by atoms with van der Waals surface area (Å²) in [6.45, 7) is 12.0. The number of aromatic nitrogens is 1. The molecule has 1 heterocycles. The molecule has 3 rings (SSSR count). The van der Waals surface area contributed by atoms with E-state index in [9.17, 15) is 23.1 Å². The van der Waals surface area contributed by atoms with E-state index in [2.05, 4.69) is 11.1 Å². The van der Waals surface area contributed by atoms with Gasteiger partial charge in [-0.1, -0.05) is 67.2 Å². The Morgan fingerprint density at radius 1 is 0.975 bits per heavy atom. The molecular formula is C33H43F3IrNO2-. The Bertz CT molecular complexity index is 1230. The molecule has 1 aromatic heterocycles. The molecule has 2 aromatic carbocycles. The fourth-order valence-corrected chi connectivity index (χ4v) is 4.59. The van der Waals surface area contributed by atoms with Gasteiger partial charge in [-0.25, -0.2) is 0 Å². The number of hydrogen-bond acceptors (Lipinski definition) is 3. The molecule has 1 radical (unpaired) electrons. The molecule has 0 aliphatic rings. The number of hydrogen-bond donors (Lipinski definition) is 1. The van der Waals surface area contributed by atoms with Crippen molar-refractivity contribution in [2.24, 2.45) is 11.8 Å². The molecule has 0 unspecified atom stereocenters. The summed E-state index contributed by atoms with van der Waals surface area (Å²) in [5, 5.41) is 11.3. The van der Waals surface area contributed by atoms with Crippen LogP contribution in [-0.2, 0) is 31.3 Å². The summed E-state index contributed by atoms with van der Waals surface area (Å²) in [6, 6.07) is 13.8. The second-order valence-corrected chi connectivity index (χ2v) is 9.76. The topological polar surface area (TPSA) is 50.2 Å². The van der Waals surface area contributed by atoms with E-state index in [0.717, 1.165) is 58.8 Å². The second-order valence-electron chi connectivity index (χ2n) is 9.76. The van der Waals surface area contributed by atoms with E-state index >= 15 is 0 Å². The molecule has 0 aliphatic heterocycles. The average molecular weight is 735 g/mol. The molecule has 0 aliphatic carbocycles. The zero-order valence-electron chi connectivity index (χ0n) is 23.6. The number of aliphatic hydroxyl groups excluding tert-OH is 1. The maximum atomic E-state index is 12.6. The van der Waals surface area contributed by atoms with Crippen LogP contribution in [0.2, 0.25) is 0 Å². The molecule has 0 spiro atoms. The van der Waals surface area contributed by atoms with Gasteiger partial charge in [-0.05, 0) is 53.8 Å². The van der Waals surface area contributed by atoms with Crippen LogP contribution in [0.5, 0.6) is 0 Å². The maximum absolute atomic E-state index is 12.6. The van der Waals surface area contributed by atoms with Crippen molar-refractivity contribution in [3.05, 3.63) is 77.2 Å². The molecular weight excluding hydrogens is 692 g/mol. The SMILES string of the molecule is C.CCC(CC)C(=O)C=C(O)C(CC)CC.Cc1[c-]c(-c2nccc3cc(CC(F)(F)F)ccc23)cc(C)c1.[Ir]. The average Bonchev–Trinajstić information content (AvgIpc) is 2.84. The third-order valence-corrected chi connectivity index (χ3v) is 6.72.